The Morgan fingerprint density at radius 1 is 0.279 bits per heavy atom. The van der Waals surface area contributed by atoms with Gasteiger partial charge in [-0.25, -0.2) is 9.97 Å². The number of nitrogens with zero attached hydrogens (tertiary/aromatic N) is 2. The lowest BCUT2D eigenvalue weighted by atomic mass is 9.67. The maximum absolute atomic E-state index is 5.21. The summed E-state index contributed by atoms with van der Waals surface area (Å²) < 4.78 is 0. The predicted octanol–water partition coefficient (Wildman–Crippen LogP) is 15.0. The van der Waals surface area contributed by atoms with Crippen molar-refractivity contribution in [2.45, 2.75) is 5.41 Å². The lowest BCUT2D eigenvalue weighted by molar-refractivity contribution is 0.768. The van der Waals surface area contributed by atoms with Gasteiger partial charge in [-0.2, -0.15) is 0 Å². The Balaban J connectivity index is 1.09. The number of hydrogen-bond donors (Lipinski definition) is 0. The van der Waals surface area contributed by atoms with Gasteiger partial charge < -0.3 is 0 Å². The van der Waals surface area contributed by atoms with Gasteiger partial charge in [-0.05, 0) is 95.0 Å². The molecule has 0 atom stereocenters. The molecule has 12 rings (SSSR count). The summed E-state index contributed by atoms with van der Waals surface area (Å²) in [7, 11) is 0. The van der Waals surface area contributed by atoms with E-state index in [-0.39, 0.29) is 0 Å². The first-order valence-electron chi connectivity index (χ1n) is 21.0. The van der Waals surface area contributed by atoms with Gasteiger partial charge in [0, 0.05) is 16.7 Å². The summed E-state index contributed by atoms with van der Waals surface area (Å²) in [5.41, 5.74) is 14.6. The van der Waals surface area contributed by atoms with E-state index in [1.807, 2.05) is 12.1 Å². The molecule has 1 heterocycles. The highest BCUT2D eigenvalue weighted by atomic mass is 14.9. The molecule has 0 amide bonds. The molecule has 10 aromatic carbocycles. The lowest BCUT2D eigenvalue weighted by Gasteiger charge is -2.33. The van der Waals surface area contributed by atoms with Crippen molar-refractivity contribution in [2.24, 2.45) is 0 Å². The van der Waals surface area contributed by atoms with Crippen LogP contribution in [0.15, 0.2) is 231 Å². The molecule has 0 unspecified atom stereocenters. The van der Waals surface area contributed by atoms with Crippen molar-refractivity contribution in [3.8, 4) is 56.2 Å². The molecule has 11 aromatic rings. The third kappa shape index (κ3) is 5.50. The highest BCUT2D eigenvalue weighted by molar-refractivity contribution is 6.28. The van der Waals surface area contributed by atoms with Crippen LogP contribution in [0.1, 0.15) is 22.3 Å². The van der Waals surface area contributed by atoms with E-state index in [1.54, 1.807) is 0 Å². The zero-order chi connectivity index (χ0) is 40.3. The van der Waals surface area contributed by atoms with Crippen molar-refractivity contribution in [3.05, 3.63) is 253 Å². The van der Waals surface area contributed by atoms with Crippen LogP contribution >= 0.6 is 0 Å². The first-order valence-corrected chi connectivity index (χ1v) is 21.0. The molecule has 0 spiro atoms. The van der Waals surface area contributed by atoms with E-state index in [2.05, 4.69) is 218 Å². The Kier molecular flexibility index (Phi) is 8.11. The van der Waals surface area contributed by atoms with Crippen molar-refractivity contribution in [2.75, 3.05) is 0 Å². The zero-order valence-corrected chi connectivity index (χ0v) is 33.3. The van der Waals surface area contributed by atoms with Crippen LogP contribution in [0.25, 0.3) is 88.5 Å². The van der Waals surface area contributed by atoms with Crippen LogP contribution in [-0.2, 0) is 5.41 Å². The summed E-state index contributed by atoms with van der Waals surface area (Å²) >= 11 is 0. The number of hydrogen-bond acceptors (Lipinski definition) is 2. The van der Waals surface area contributed by atoms with Gasteiger partial charge in [0.1, 0.15) is 0 Å². The monoisotopic (exact) mass is 774 g/mol. The first-order chi connectivity index (χ1) is 30.3. The van der Waals surface area contributed by atoms with Crippen LogP contribution < -0.4 is 0 Å². The van der Waals surface area contributed by atoms with Crippen LogP contribution in [0, 0.1) is 0 Å². The number of rotatable bonds is 6. The maximum Gasteiger partial charge on any atom is 0.160 e. The summed E-state index contributed by atoms with van der Waals surface area (Å²) in [6.07, 6.45) is 0. The fraction of sp³-hybridized carbons (Fsp3) is 0.0169. The average Bonchev–Trinajstić information content (AvgIpc) is 3.65. The smallest absolute Gasteiger partial charge is 0.160 e. The fourth-order valence-corrected chi connectivity index (χ4v) is 10.1. The summed E-state index contributed by atoms with van der Waals surface area (Å²) in [5.74, 6) is 0.706. The minimum atomic E-state index is -0.439. The predicted molar refractivity (Wildman–Crippen MR) is 254 cm³/mol. The molecule has 284 valence electrons. The molecule has 1 aliphatic rings. The van der Waals surface area contributed by atoms with Crippen molar-refractivity contribution in [3.63, 3.8) is 0 Å². The van der Waals surface area contributed by atoms with E-state index >= 15 is 0 Å². The van der Waals surface area contributed by atoms with Crippen LogP contribution in [-0.4, -0.2) is 9.97 Å². The van der Waals surface area contributed by atoms with Gasteiger partial charge in [-0.15, -0.1) is 0 Å². The van der Waals surface area contributed by atoms with Gasteiger partial charge in [-0.1, -0.05) is 212 Å². The van der Waals surface area contributed by atoms with Crippen molar-refractivity contribution < 1.29 is 0 Å². The van der Waals surface area contributed by atoms with E-state index < -0.39 is 5.41 Å². The summed E-state index contributed by atoms with van der Waals surface area (Å²) in [5, 5.41) is 7.32. The first kappa shape index (κ1) is 35.0. The number of fused-ring (bicyclic) bond motifs is 9. The van der Waals surface area contributed by atoms with Crippen molar-refractivity contribution in [1.29, 1.82) is 0 Å². The minimum Gasteiger partial charge on any atom is -0.228 e. The summed E-state index contributed by atoms with van der Waals surface area (Å²) in [4.78, 5) is 10.4. The summed E-state index contributed by atoms with van der Waals surface area (Å²) in [6, 6.07) is 83.5. The third-order valence-corrected chi connectivity index (χ3v) is 12.8. The normalized spacial score (nSPS) is 12.7. The average molecular weight is 775 g/mol. The Hall–Kier alpha value is -7.94. The molecule has 61 heavy (non-hydrogen) atoms. The Morgan fingerprint density at radius 2 is 0.770 bits per heavy atom. The van der Waals surface area contributed by atoms with E-state index in [0.717, 1.165) is 28.1 Å². The second-order valence-corrected chi connectivity index (χ2v) is 16.0. The molecule has 0 saturated heterocycles. The van der Waals surface area contributed by atoms with Gasteiger partial charge >= 0.3 is 0 Å². The molecule has 0 fully saturated rings. The number of aromatic nitrogens is 2. The maximum atomic E-state index is 5.21. The molecule has 1 aromatic heterocycles. The van der Waals surface area contributed by atoms with Gasteiger partial charge in [0.05, 0.1) is 16.8 Å². The van der Waals surface area contributed by atoms with Gasteiger partial charge in [0.2, 0.25) is 0 Å². The van der Waals surface area contributed by atoms with Crippen molar-refractivity contribution >= 4 is 32.3 Å². The molecule has 0 saturated carbocycles. The molecule has 0 radical (unpaired) electrons. The van der Waals surface area contributed by atoms with Gasteiger partial charge in [0.15, 0.2) is 5.82 Å². The van der Waals surface area contributed by atoms with Gasteiger partial charge in [0.25, 0.3) is 0 Å². The minimum absolute atomic E-state index is 0.439. The zero-order valence-electron chi connectivity index (χ0n) is 33.3. The molecule has 0 aliphatic heterocycles. The fourth-order valence-electron chi connectivity index (χ4n) is 10.1. The topological polar surface area (TPSA) is 25.8 Å². The molecule has 1 aliphatic carbocycles. The molecule has 2 heteroatoms. The SMILES string of the molecule is c1ccc(-c2cc(-c3ccccc3)nc(-c3ccc4c(c3)c3ccccc3c3cccc(-c5ccc6c(c5)-c5ccccc5C6(c5ccccc5)c5ccccc5)c34)n2)cc1. The largest absolute Gasteiger partial charge is 0.228 e. The Bertz CT molecular complexity index is 3350. The van der Waals surface area contributed by atoms with Crippen LogP contribution in [0.3, 0.4) is 0 Å². The van der Waals surface area contributed by atoms with Crippen LogP contribution in [0.4, 0.5) is 0 Å². The van der Waals surface area contributed by atoms with Crippen LogP contribution in [0.5, 0.6) is 0 Å². The highest BCUT2D eigenvalue weighted by Crippen LogP contribution is 2.57. The molecular weight excluding hydrogens is 737 g/mol. The summed E-state index contributed by atoms with van der Waals surface area (Å²) in [6.45, 7) is 0. The van der Waals surface area contributed by atoms with E-state index in [9.17, 15) is 0 Å². The van der Waals surface area contributed by atoms with Gasteiger partial charge in [-0.3, -0.25) is 0 Å². The van der Waals surface area contributed by atoms with E-state index in [4.69, 9.17) is 9.97 Å². The number of benzene rings is 10. The molecule has 0 bridgehead atoms. The molecule has 2 nitrogen and oxygen atoms in total. The van der Waals surface area contributed by atoms with E-state index in [1.165, 1.54) is 76.8 Å². The highest BCUT2D eigenvalue weighted by Gasteiger charge is 2.46. The Morgan fingerprint density at radius 3 is 1.43 bits per heavy atom. The Labute approximate surface area is 355 Å². The molecular formula is C59H38N2. The quantitative estimate of drug-likeness (QED) is 0.157. The third-order valence-electron chi connectivity index (χ3n) is 12.8. The second-order valence-electron chi connectivity index (χ2n) is 16.0. The lowest BCUT2D eigenvalue weighted by Crippen LogP contribution is -2.28. The van der Waals surface area contributed by atoms with Crippen molar-refractivity contribution in [1.82, 2.24) is 9.97 Å². The van der Waals surface area contributed by atoms with Crippen LogP contribution in [0.2, 0.25) is 0 Å². The standard InChI is InChI=1S/C59H38N2/c1-5-18-39(19-6-1)55-38-56(40-20-7-2-8-21-40)61-58(60-55)42-32-34-50-51(37-42)47-27-14-13-26-46(47)49-30-17-29-45(57(49)50)41-33-35-54-52(36-41)48-28-15-16-31-53(48)59(54,43-22-9-3-10-23-43)44-24-11-4-12-25-44/h1-38H. The van der Waals surface area contributed by atoms with E-state index in [0.29, 0.717) is 5.82 Å². The second kappa shape index (κ2) is 14.1. The molecule has 0 N–H and O–H groups in total.